The Bertz CT molecular complexity index is 1340. The van der Waals surface area contributed by atoms with Gasteiger partial charge in [-0.1, -0.05) is 30.3 Å². The predicted molar refractivity (Wildman–Crippen MR) is 120 cm³/mol. The van der Waals surface area contributed by atoms with Gasteiger partial charge in [-0.15, -0.1) is 11.3 Å². The molecule has 0 unspecified atom stereocenters. The van der Waals surface area contributed by atoms with E-state index in [4.69, 9.17) is 0 Å². The fraction of sp³-hybridized carbons (Fsp3) is 0.143. The van der Waals surface area contributed by atoms with Crippen LogP contribution in [0.15, 0.2) is 64.2 Å². The molecule has 30 heavy (non-hydrogen) atoms. The van der Waals surface area contributed by atoms with Crippen LogP contribution in [0.25, 0.3) is 10.8 Å². The molecule has 5 rings (SSSR count). The molecule has 2 aromatic heterocycles. The summed E-state index contributed by atoms with van der Waals surface area (Å²) < 4.78 is 27.9. The Balaban J connectivity index is 1.38. The molecule has 4 aromatic rings. The van der Waals surface area contributed by atoms with Gasteiger partial charge < -0.3 is 0 Å². The van der Waals surface area contributed by atoms with E-state index in [1.165, 1.54) is 27.0 Å². The van der Waals surface area contributed by atoms with Crippen molar-refractivity contribution in [2.75, 3.05) is 11.9 Å². The molecule has 6 nitrogen and oxygen atoms in total. The average molecular weight is 456 g/mol. The summed E-state index contributed by atoms with van der Waals surface area (Å²) in [5.74, 6) is -0.206. The number of hydrogen-bond acceptors (Lipinski definition) is 6. The van der Waals surface area contributed by atoms with Crippen molar-refractivity contribution in [2.45, 2.75) is 17.9 Å². The molecule has 0 saturated carbocycles. The van der Waals surface area contributed by atoms with Crippen molar-refractivity contribution in [3.05, 3.63) is 75.4 Å². The van der Waals surface area contributed by atoms with Crippen molar-refractivity contribution in [2.24, 2.45) is 0 Å². The number of aromatic nitrogens is 1. The Morgan fingerprint density at radius 2 is 1.93 bits per heavy atom. The highest BCUT2D eigenvalue weighted by Crippen LogP contribution is 2.32. The van der Waals surface area contributed by atoms with Crippen LogP contribution >= 0.6 is 22.7 Å². The summed E-state index contributed by atoms with van der Waals surface area (Å²) >= 11 is 2.79. The van der Waals surface area contributed by atoms with Crippen molar-refractivity contribution < 1.29 is 13.2 Å². The Labute approximate surface area is 181 Å². The second-order valence-electron chi connectivity index (χ2n) is 6.95. The van der Waals surface area contributed by atoms with E-state index in [1.54, 1.807) is 23.6 Å². The number of nitrogens with one attached hydrogen (secondary N) is 1. The number of fused-ring (bicyclic) bond motifs is 2. The lowest BCUT2D eigenvalue weighted by molar-refractivity contribution is 0.102. The largest absolute Gasteiger partial charge is 0.298 e. The van der Waals surface area contributed by atoms with E-state index in [-0.39, 0.29) is 12.5 Å². The quantitative estimate of drug-likeness (QED) is 0.496. The summed E-state index contributed by atoms with van der Waals surface area (Å²) in [6.45, 7) is 0.625. The van der Waals surface area contributed by atoms with E-state index in [1.807, 2.05) is 35.7 Å². The standard InChI is InChI=1S/C21H17N3O3S3/c25-20(16-8-10-28-13-16)23-21-22-18-7-9-24(12-19(18)29-21)30(26,27)17-6-5-14-3-1-2-4-15(14)11-17/h1-6,8,10-11,13H,7,9,12H2,(H,22,23,25). The minimum Gasteiger partial charge on any atom is -0.298 e. The minimum atomic E-state index is -3.62. The molecule has 1 N–H and O–H groups in total. The first-order chi connectivity index (χ1) is 14.5. The number of rotatable bonds is 4. The molecular weight excluding hydrogens is 438 g/mol. The van der Waals surface area contributed by atoms with Crippen molar-refractivity contribution in [3.8, 4) is 0 Å². The molecule has 0 radical (unpaired) electrons. The highest BCUT2D eigenvalue weighted by Gasteiger charge is 2.30. The number of carbonyl (C=O) groups excluding carboxylic acids is 1. The molecule has 0 fully saturated rings. The monoisotopic (exact) mass is 455 g/mol. The molecule has 1 aliphatic rings. The topological polar surface area (TPSA) is 79.4 Å². The molecule has 0 atom stereocenters. The first-order valence-electron chi connectivity index (χ1n) is 9.32. The van der Waals surface area contributed by atoms with E-state index >= 15 is 0 Å². The Hall–Kier alpha value is -2.59. The summed E-state index contributed by atoms with van der Waals surface area (Å²) in [6.07, 6.45) is 0.521. The molecule has 152 valence electrons. The maximum absolute atomic E-state index is 13.2. The normalized spacial score (nSPS) is 14.5. The number of benzene rings is 2. The third kappa shape index (κ3) is 3.54. The van der Waals surface area contributed by atoms with Gasteiger partial charge in [0.05, 0.1) is 22.7 Å². The van der Waals surface area contributed by atoms with Gasteiger partial charge in [-0.25, -0.2) is 13.4 Å². The van der Waals surface area contributed by atoms with E-state index in [9.17, 15) is 13.2 Å². The minimum absolute atomic E-state index is 0.206. The molecule has 0 aliphatic carbocycles. The summed E-state index contributed by atoms with van der Waals surface area (Å²) in [4.78, 5) is 17.9. The maximum atomic E-state index is 13.2. The van der Waals surface area contributed by atoms with Gasteiger partial charge in [0.1, 0.15) is 0 Å². The van der Waals surface area contributed by atoms with Crippen LogP contribution in [0.2, 0.25) is 0 Å². The Morgan fingerprint density at radius 3 is 2.73 bits per heavy atom. The van der Waals surface area contributed by atoms with Gasteiger partial charge in [-0.2, -0.15) is 15.6 Å². The summed E-state index contributed by atoms with van der Waals surface area (Å²) in [5, 5.41) is 8.84. The lowest BCUT2D eigenvalue weighted by atomic mass is 10.1. The molecule has 1 aliphatic heterocycles. The first-order valence-corrected chi connectivity index (χ1v) is 12.5. The molecular formula is C21H17N3O3S3. The van der Waals surface area contributed by atoms with Gasteiger partial charge in [0.2, 0.25) is 10.0 Å². The Kier molecular flexibility index (Phi) is 4.90. The van der Waals surface area contributed by atoms with Crippen molar-refractivity contribution in [3.63, 3.8) is 0 Å². The number of sulfonamides is 1. The zero-order valence-electron chi connectivity index (χ0n) is 15.7. The van der Waals surface area contributed by atoms with Crippen molar-refractivity contribution in [1.29, 1.82) is 0 Å². The van der Waals surface area contributed by atoms with Crippen LogP contribution in [0.5, 0.6) is 0 Å². The summed E-state index contributed by atoms with van der Waals surface area (Å²) in [7, 11) is -3.62. The third-order valence-corrected chi connectivity index (χ3v) is 8.58. The van der Waals surface area contributed by atoms with Gasteiger partial charge in [-0.3, -0.25) is 10.1 Å². The zero-order valence-corrected chi connectivity index (χ0v) is 18.2. The number of nitrogens with zero attached hydrogens (tertiary/aromatic N) is 2. The van der Waals surface area contributed by atoms with Crippen molar-refractivity contribution >= 4 is 54.5 Å². The van der Waals surface area contributed by atoms with E-state index in [2.05, 4.69) is 10.3 Å². The number of carbonyl (C=O) groups is 1. The second kappa shape index (κ2) is 7.59. The third-order valence-electron chi connectivity index (χ3n) is 5.06. The number of thiazole rings is 1. The summed E-state index contributed by atoms with van der Waals surface area (Å²) in [6, 6.07) is 14.7. The lowest BCUT2D eigenvalue weighted by Crippen LogP contribution is -2.35. The predicted octanol–water partition coefficient (Wildman–Crippen LogP) is 4.36. The van der Waals surface area contributed by atoms with Crippen LogP contribution in [0.4, 0.5) is 5.13 Å². The van der Waals surface area contributed by atoms with Gasteiger partial charge >= 0.3 is 0 Å². The van der Waals surface area contributed by atoms with E-state index in [0.29, 0.717) is 28.6 Å². The van der Waals surface area contributed by atoms with E-state index in [0.717, 1.165) is 21.3 Å². The first kappa shape index (κ1) is 19.4. The SMILES string of the molecule is O=C(Nc1nc2c(s1)CN(S(=O)(=O)c1ccc3ccccc3c1)CC2)c1ccsc1. The van der Waals surface area contributed by atoms with E-state index < -0.39 is 10.0 Å². The average Bonchev–Trinajstić information content (AvgIpc) is 3.42. The smallest absolute Gasteiger partial charge is 0.258 e. The van der Waals surface area contributed by atoms with Crippen LogP contribution in [-0.4, -0.2) is 30.2 Å². The molecule has 0 spiro atoms. The second-order valence-corrected chi connectivity index (χ2v) is 10.8. The zero-order chi connectivity index (χ0) is 20.7. The highest BCUT2D eigenvalue weighted by molar-refractivity contribution is 7.89. The van der Waals surface area contributed by atoms with Crippen LogP contribution in [0.1, 0.15) is 20.9 Å². The molecule has 1 amide bonds. The molecule has 0 saturated heterocycles. The van der Waals surface area contributed by atoms with Gasteiger partial charge in [0, 0.05) is 23.2 Å². The van der Waals surface area contributed by atoms with Crippen LogP contribution in [0, 0.1) is 0 Å². The number of thiophene rings is 1. The molecule has 2 aromatic carbocycles. The lowest BCUT2D eigenvalue weighted by Gasteiger charge is -2.25. The number of amides is 1. The number of hydrogen-bond donors (Lipinski definition) is 1. The van der Waals surface area contributed by atoms with Crippen molar-refractivity contribution in [1.82, 2.24) is 9.29 Å². The van der Waals surface area contributed by atoms with Gasteiger partial charge in [0.25, 0.3) is 5.91 Å². The van der Waals surface area contributed by atoms with Crippen LogP contribution in [-0.2, 0) is 23.0 Å². The Morgan fingerprint density at radius 1 is 1.10 bits per heavy atom. The summed E-state index contributed by atoms with van der Waals surface area (Å²) in [5.41, 5.74) is 1.44. The molecule has 3 heterocycles. The van der Waals surface area contributed by atoms with Gasteiger partial charge in [0.15, 0.2) is 5.13 Å². The number of anilines is 1. The molecule has 0 bridgehead atoms. The van der Waals surface area contributed by atoms with Gasteiger partial charge in [-0.05, 0) is 34.4 Å². The van der Waals surface area contributed by atoms with Crippen LogP contribution < -0.4 is 5.32 Å². The maximum Gasteiger partial charge on any atom is 0.258 e. The molecule has 9 heteroatoms. The van der Waals surface area contributed by atoms with Crippen LogP contribution in [0.3, 0.4) is 0 Å². The fourth-order valence-electron chi connectivity index (χ4n) is 3.47. The fourth-order valence-corrected chi connectivity index (χ4v) is 6.65. The highest BCUT2D eigenvalue weighted by atomic mass is 32.2.